The minimum atomic E-state index is 0.721. The highest BCUT2D eigenvalue weighted by molar-refractivity contribution is 6.33. The molecular weight excluding hydrogens is 308 g/mol. The first kappa shape index (κ1) is 14.6. The van der Waals surface area contributed by atoms with Crippen LogP contribution in [0.2, 0.25) is 5.02 Å². The molecule has 0 atom stereocenters. The number of methoxy groups -OCH3 is 1. The molecule has 1 aromatic heterocycles. The van der Waals surface area contributed by atoms with E-state index in [0.717, 1.165) is 42.4 Å². The topological polar surface area (TPSA) is 26.2 Å². The molecule has 0 saturated heterocycles. The molecule has 1 aliphatic heterocycles. The summed E-state index contributed by atoms with van der Waals surface area (Å²) < 4.78 is 7.70. The summed E-state index contributed by atoms with van der Waals surface area (Å²) in [5, 5.41) is 5.47. The van der Waals surface area contributed by atoms with Crippen LogP contribution < -0.4 is 10.1 Å². The SMILES string of the molecule is COc1ccc(-c2cccc3cc4n(c23)CCNCC4)c(Cl)c1. The smallest absolute Gasteiger partial charge is 0.120 e. The Hall–Kier alpha value is -1.97. The molecule has 118 valence electrons. The zero-order valence-corrected chi connectivity index (χ0v) is 13.9. The van der Waals surface area contributed by atoms with Crippen molar-refractivity contribution in [2.45, 2.75) is 13.0 Å². The Kier molecular flexibility index (Phi) is 3.76. The van der Waals surface area contributed by atoms with Crippen molar-refractivity contribution in [3.8, 4) is 16.9 Å². The predicted molar refractivity (Wildman–Crippen MR) is 95.5 cm³/mol. The standard InChI is InChI=1S/C19H19ClN2O/c1-23-15-5-6-16(18(20)12-15)17-4-2-3-13-11-14-7-8-21-9-10-22(14)19(13)17/h2-6,11-12,21H,7-10H2,1H3. The largest absolute Gasteiger partial charge is 0.497 e. The average Bonchev–Trinajstić information content (AvgIpc) is 2.76. The van der Waals surface area contributed by atoms with Crippen LogP contribution in [0.1, 0.15) is 5.69 Å². The molecule has 1 aliphatic rings. The van der Waals surface area contributed by atoms with Gasteiger partial charge in [-0.15, -0.1) is 0 Å². The lowest BCUT2D eigenvalue weighted by atomic mass is 10.0. The summed E-state index contributed by atoms with van der Waals surface area (Å²) in [4.78, 5) is 0. The number of ether oxygens (including phenoxy) is 1. The molecule has 0 amide bonds. The van der Waals surface area contributed by atoms with Crippen LogP contribution in [0.15, 0.2) is 42.5 Å². The third kappa shape index (κ3) is 2.50. The predicted octanol–water partition coefficient (Wildman–Crippen LogP) is 4.12. The molecule has 0 bridgehead atoms. The first-order valence-corrected chi connectivity index (χ1v) is 8.31. The second-order valence-electron chi connectivity index (χ2n) is 5.88. The number of halogens is 1. The minimum Gasteiger partial charge on any atom is -0.497 e. The van der Waals surface area contributed by atoms with Crippen molar-refractivity contribution in [2.75, 3.05) is 20.2 Å². The Morgan fingerprint density at radius 2 is 2.00 bits per heavy atom. The lowest BCUT2D eigenvalue weighted by Crippen LogP contribution is -2.17. The Morgan fingerprint density at radius 3 is 2.83 bits per heavy atom. The van der Waals surface area contributed by atoms with Crippen LogP contribution in [0.4, 0.5) is 0 Å². The molecule has 0 spiro atoms. The van der Waals surface area contributed by atoms with E-state index < -0.39 is 0 Å². The summed E-state index contributed by atoms with van der Waals surface area (Å²) in [6, 6.07) is 14.6. The van der Waals surface area contributed by atoms with Gasteiger partial charge in [-0.25, -0.2) is 0 Å². The number of para-hydroxylation sites is 1. The number of nitrogens with zero attached hydrogens (tertiary/aromatic N) is 1. The van der Waals surface area contributed by atoms with E-state index in [1.54, 1.807) is 7.11 Å². The molecule has 2 aromatic carbocycles. The van der Waals surface area contributed by atoms with Crippen molar-refractivity contribution in [1.82, 2.24) is 9.88 Å². The normalized spacial score (nSPS) is 14.5. The third-order valence-electron chi connectivity index (χ3n) is 4.54. The van der Waals surface area contributed by atoms with Crippen molar-refractivity contribution >= 4 is 22.5 Å². The van der Waals surface area contributed by atoms with E-state index in [2.05, 4.69) is 34.1 Å². The minimum absolute atomic E-state index is 0.721. The van der Waals surface area contributed by atoms with Crippen LogP contribution in [-0.2, 0) is 13.0 Å². The van der Waals surface area contributed by atoms with Crippen LogP contribution in [0.5, 0.6) is 5.75 Å². The third-order valence-corrected chi connectivity index (χ3v) is 4.86. The quantitative estimate of drug-likeness (QED) is 0.767. The number of rotatable bonds is 2. The second-order valence-corrected chi connectivity index (χ2v) is 6.28. The molecule has 4 heteroatoms. The average molecular weight is 327 g/mol. The molecule has 23 heavy (non-hydrogen) atoms. The number of aromatic nitrogens is 1. The van der Waals surface area contributed by atoms with Crippen molar-refractivity contribution in [2.24, 2.45) is 0 Å². The van der Waals surface area contributed by atoms with Crippen molar-refractivity contribution in [3.05, 3.63) is 53.2 Å². The first-order chi connectivity index (χ1) is 11.3. The van der Waals surface area contributed by atoms with Gasteiger partial charge < -0.3 is 14.6 Å². The van der Waals surface area contributed by atoms with E-state index in [-0.39, 0.29) is 0 Å². The Bertz CT molecular complexity index is 869. The van der Waals surface area contributed by atoms with Crippen LogP contribution in [0, 0.1) is 0 Å². The fourth-order valence-electron chi connectivity index (χ4n) is 3.43. The fourth-order valence-corrected chi connectivity index (χ4v) is 3.71. The molecular formula is C19H19ClN2O. The van der Waals surface area contributed by atoms with Gasteiger partial charge in [-0.1, -0.05) is 29.8 Å². The Labute approximate surface area is 140 Å². The number of nitrogens with one attached hydrogen (secondary N) is 1. The lowest BCUT2D eigenvalue weighted by Gasteiger charge is -2.12. The van der Waals surface area contributed by atoms with Gasteiger partial charge in [-0.3, -0.25) is 0 Å². The Balaban J connectivity index is 1.95. The van der Waals surface area contributed by atoms with Gasteiger partial charge in [0, 0.05) is 48.3 Å². The zero-order chi connectivity index (χ0) is 15.8. The fraction of sp³-hybridized carbons (Fsp3) is 0.263. The van der Waals surface area contributed by atoms with Gasteiger partial charge >= 0.3 is 0 Å². The van der Waals surface area contributed by atoms with Crippen LogP contribution in [-0.4, -0.2) is 24.8 Å². The summed E-state index contributed by atoms with van der Waals surface area (Å²) in [6.45, 7) is 3.03. The maximum atomic E-state index is 6.52. The molecule has 0 radical (unpaired) electrons. The summed E-state index contributed by atoms with van der Waals surface area (Å²) >= 11 is 6.52. The molecule has 3 aromatic rings. The molecule has 1 N–H and O–H groups in total. The van der Waals surface area contributed by atoms with Crippen LogP contribution in [0.3, 0.4) is 0 Å². The molecule has 0 fully saturated rings. The van der Waals surface area contributed by atoms with E-state index in [9.17, 15) is 0 Å². The monoisotopic (exact) mass is 326 g/mol. The van der Waals surface area contributed by atoms with Gasteiger partial charge in [-0.2, -0.15) is 0 Å². The summed E-state index contributed by atoms with van der Waals surface area (Å²) in [6.07, 6.45) is 1.06. The van der Waals surface area contributed by atoms with E-state index in [4.69, 9.17) is 16.3 Å². The van der Waals surface area contributed by atoms with Gasteiger partial charge in [0.15, 0.2) is 0 Å². The van der Waals surface area contributed by atoms with Gasteiger partial charge in [0.1, 0.15) is 5.75 Å². The Morgan fingerprint density at radius 1 is 1.09 bits per heavy atom. The van der Waals surface area contributed by atoms with Crippen LogP contribution in [0.25, 0.3) is 22.0 Å². The summed E-state index contributed by atoms with van der Waals surface area (Å²) in [5.41, 5.74) is 4.90. The van der Waals surface area contributed by atoms with Gasteiger partial charge in [0.05, 0.1) is 17.6 Å². The van der Waals surface area contributed by atoms with E-state index in [0.29, 0.717) is 0 Å². The van der Waals surface area contributed by atoms with Crippen molar-refractivity contribution < 1.29 is 4.74 Å². The number of fused-ring (bicyclic) bond motifs is 3. The summed E-state index contributed by atoms with van der Waals surface area (Å²) in [7, 11) is 1.66. The molecule has 0 unspecified atom stereocenters. The number of hydrogen-bond donors (Lipinski definition) is 1. The molecule has 4 rings (SSSR count). The van der Waals surface area contributed by atoms with Gasteiger partial charge in [0.25, 0.3) is 0 Å². The van der Waals surface area contributed by atoms with Gasteiger partial charge in [-0.05, 0) is 24.3 Å². The molecule has 3 nitrogen and oxygen atoms in total. The van der Waals surface area contributed by atoms with E-state index in [1.165, 1.54) is 22.2 Å². The van der Waals surface area contributed by atoms with Crippen molar-refractivity contribution in [3.63, 3.8) is 0 Å². The van der Waals surface area contributed by atoms with Crippen LogP contribution >= 0.6 is 11.6 Å². The highest BCUT2D eigenvalue weighted by Crippen LogP contribution is 2.37. The van der Waals surface area contributed by atoms with E-state index >= 15 is 0 Å². The number of hydrogen-bond acceptors (Lipinski definition) is 2. The summed E-state index contributed by atoms with van der Waals surface area (Å²) in [5.74, 6) is 0.782. The molecule has 2 heterocycles. The number of benzene rings is 2. The van der Waals surface area contributed by atoms with E-state index in [1.807, 2.05) is 18.2 Å². The lowest BCUT2D eigenvalue weighted by molar-refractivity contribution is 0.415. The van der Waals surface area contributed by atoms with Gasteiger partial charge in [0.2, 0.25) is 0 Å². The zero-order valence-electron chi connectivity index (χ0n) is 13.1. The molecule has 0 aliphatic carbocycles. The molecule has 0 saturated carbocycles. The highest BCUT2D eigenvalue weighted by atomic mass is 35.5. The highest BCUT2D eigenvalue weighted by Gasteiger charge is 2.16. The maximum Gasteiger partial charge on any atom is 0.120 e. The maximum absolute atomic E-state index is 6.52. The first-order valence-electron chi connectivity index (χ1n) is 7.93. The second kappa shape index (κ2) is 5.91. The van der Waals surface area contributed by atoms with Crippen molar-refractivity contribution in [1.29, 1.82) is 0 Å².